The van der Waals surface area contributed by atoms with Crippen molar-refractivity contribution in [1.82, 2.24) is 13.9 Å². The molecule has 0 amide bonds. The van der Waals surface area contributed by atoms with E-state index in [1.807, 2.05) is 7.05 Å². The molecular weight excluding hydrogens is 262 g/mol. The Bertz CT molecular complexity index is 351. The molecular formula is C13H29N3O2S. The first-order valence-electron chi connectivity index (χ1n) is 7.30. The van der Waals surface area contributed by atoms with Crippen LogP contribution in [-0.2, 0) is 10.2 Å². The van der Waals surface area contributed by atoms with Crippen LogP contribution in [0.3, 0.4) is 0 Å². The highest BCUT2D eigenvalue weighted by Crippen LogP contribution is 2.24. The van der Waals surface area contributed by atoms with Crippen LogP contribution in [0.4, 0.5) is 0 Å². The maximum Gasteiger partial charge on any atom is 0.281 e. The lowest BCUT2D eigenvalue weighted by atomic mass is 9.91. The monoisotopic (exact) mass is 291 g/mol. The van der Waals surface area contributed by atoms with E-state index in [2.05, 4.69) is 12.2 Å². The molecule has 0 saturated heterocycles. The van der Waals surface area contributed by atoms with Crippen molar-refractivity contribution < 1.29 is 8.42 Å². The van der Waals surface area contributed by atoms with Gasteiger partial charge in [-0.15, -0.1) is 0 Å². The standard InChI is InChI=1S/C13H29N3O2S/c1-5-6-11-15(3)19(17,18)16(4)13-9-7-12(14-2)8-10-13/h12-14H,5-11H2,1-4H3. The van der Waals surface area contributed by atoms with Crippen LogP contribution in [0.25, 0.3) is 0 Å². The summed E-state index contributed by atoms with van der Waals surface area (Å²) in [4.78, 5) is 0. The van der Waals surface area contributed by atoms with Crippen LogP contribution >= 0.6 is 0 Å². The van der Waals surface area contributed by atoms with Crippen LogP contribution in [0.1, 0.15) is 45.4 Å². The summed E-state index contributed by atoms with van der Waals surface area (Å²) in [5.41, 5.74) is 0. The molecule has 6 heteroatoms. The van der Waals surface area contributed by atoms with Crippen molar-refractivity contribution in [3.8, 4) is 0 Å². The second-order valence-corrected chi connectivity index (χ2v) is 7.59. The third-order valence-corrected chi connectivity index (χ3v) is 6.20. The Hall–Kier alpha value is -0.170. The molecule has 0 heterocycles. The van der Waals surface area contributed by atoms with E-state index in [1.165, 1.54) is 4.31 Å². The number of nitrogens with zero attached hydrogens (tertiary/aromatic N) is 2. The van der Waals surface area contributed by atoms with Gasteiger partial charge in [-0.1, -0.05) is 13.3 Å². The molecule has 0 aromatic carbocycles. The molecule has 0 bridgehead atoms. The molecule has 1 N–H and O–H groups in total. The first-order valence-corrected chi connectivity index (χ1v) is 8.69. The lowest BCUT2D eigenvalue weighted by Crippen LogP contribution is -2.47. The Morgan fingerprint density at radius 2 is 1.74 bits per heavy atom. The lowest BCUT2D eigenvalue weighted by Gasteiger charge is -2.35. The van der Waals surface area contributed by atoms with Crippen molar-refractivity contribution >= 4 is 10.2 Å². The number of rotatable bonds is 7. The minimum atomic E-state index is -3.29. The average Bonchev–Trinajstić information content (AvgIpc) is 2.43. The first-order chi connectivity index (χ1) is 8.93. The molecule has 0 atom stereocenters. The molecule has 0 radical (unpaired) electrons. The second kappa shape index (κ2) is 7.57. The summed E-state index contributed by atoms with van der Waals surface area (Å²) in [5, 5.41) is 3.27. The highest BCUT2D eigenvalue weighted by Gasteiger charge is 2.32. The summed E-state index contributed by atoms with van der Waals surface area (Å²) in [6.45, 7) is 2.68. The van der Waals surface area contributed by atoms with Gasteiger partial charge in [-0.3, -0.25) is 0 Å². The number of hydrogen-bond acceptors (Lipinski definition) is 3. The molecule has 1 aliphatic carbocycles. The van der Waals surface area contributed by atoms with Gasteiger partial charge in [0.05, 0.1) is 0 Å². The fourth-order valence-corrected chi connectivity index (χ4v) is 4.02. The second-order valence-electron chi connectivity index (χ2n) is 5.49. The van der Waals surface area contributed by atoms with Gasteiger partial charge in [0.25, 0.3) is 10.2 Å². The van der Waals surface area contributed by atoms with Gasteiger partial charge in [0.15, 0.2) is 0 Å². The van der Waals surface area contributed by atoms with E-state index in [-0.39, 0.29) is 6.04 Å². The van der Waals surface area contributed by atoms with Crippen LogP contribution in [0.15, 0.2) is 0 Å². The predicted octanol–water partition coefficient (Wildman–Crippen LogP) is 1.43. The van der Waals surface area contributed by atoms with Crippen LogP contribution in [0.2, 0.25) is 0 Å². The summed E-state index contributed by atoms with van der Waals surface area (Å²) in [5.74, 6) is 0. The first kappa shape index (κ1) is 16.9. The van der Waals surface area contributed by atoms with Crippen LogP contribution < -0.4 is 5.32 Å². The smallest absolute Gasteiger partial charge is 0.281 e. The highest BCUT2D eigenvalue weighted by atomic mass is 32.2. The van der Waals surface area contributed by atoms with E-state index in [4.69, 9.17) is 0 Å². The molecule has 0 spiro atoms. The van der Waals surface area contributed by atoms with Crippen molar-refractivity contribution in [3.63, 3.8) is 0 Å². The predicted molar refractivity (Wildman–Crippen MR) is 79.3 cm³/mol. The summed E-state index contributed by atoms with van der Waals surface area (Å²) in [6.07, 6.45) is 5.93. The van der Waals surface area contributed by atoms with E-state index < -0.39 is 10.2 Å². The molecule has 0 aromatic rings. The quantitative estimate of drug-likeness (QED) is 0.772. The Kier molecular flexibility index (Phi) is 6.73. The van der Waals surface area contributed by atoms with Gasteiger partial charge in [0, 0.05) is 32.7 Å². The molecule has 1 saturated carbocycles. The maximum absolute atomic E-state index is 12.4. The van der Waals surface area contributed by atoms with E-state index in [9.17, 15) is 8.42 Å². The van der Waals surface area contributed by atoms with Crippen LogP contribution in [0, 0.1) is 0 Å². The zero-order valence-electron chi connectivity index (χ0n) is 12.7. The van der Waals surface area contributed by atoms with E-state index in [1.54, 1.807) is 18.4 Å². The summed E-state index contributed by atoms with van der Waals surface area (Å²) < 4.78 is 27.9. The zero-order valence-corrected chi connectivity index (χ0v) is 13.5. The van der Waals surface area contributed by atoms with Gasteiger partial charge in [0.1, 0.15) is 0 Å². The highest BCUT2D eigenvalue weighted by molar-refractivity contribution is 7.86. The summed E-state index contributed by atoms with van der Waals surface area (Å²) >= 11 is 0. The van der Waals surface area contributed by atoms with Gasteiger partial charge >= 0.3 is 0 Å². The largest absolute Gasteiger partial charge is 0.317 e. The van der Waals surface area contributed by atoms with Crippen molar-refractivity contribution in [2.75, 3.05) is 27.7 Å². The Morgan fingerprint density at radius 3 is 2.21 bits per heavy atom. The van der Waals surface area contributed by atoms with E-state index in [0.717, 1.165) is 38.5 Å². The Morgan fingerprint density at radius 1 is 1.16 bits per heavy atom. The summed E-state index contributed by atoms with van der Waals surface area (Å²) in [6, 6.07) is 0.698. The van der Waals surface area contributed by atoms with Crippen molar-refractivity contribution in [2.24, 2.45) is 0 Å². The van der Waals surface area contributed by atoms with Crippen molar-refractivity contribution in [2.45, 2.75) is 57.5 Å². The van der Waals surface area contributed by atoms with Crippen LogP contribution in [0.5, 0.6) is 0 Å². The molecule has 19 heavy (non-hydrogen) atoms. The molecule has 0 aliphatic heterocycles. The Labute approximate surface area is 118 Å². The Balaban J connectivity index is 2.58. The van der Waals surface area contributed by atoms with Crippen molar-refractivity contribution in [1.29, 1.82) is 0 Å². The minimum absolute atomic E-state index is 0.152. The SMILES string of the molecule is CCCCN(C)S(=O)(=O)N(C)C1CCC(NC)CC1. The van der Waals surface area contributed by atoms with E-state index >= 15 is 0 Å². The van der Waals surface area contributed by atoms with Gasteiger partial charge in [-0.05, 0) is 39.2 Å². The third kappa shape index (κ3) is 4.41. The molecule has 1 fully saturated rings. The molecule has 1 aliphatic rings. The van der Waals surface area contributed by atoms with Crippen LogP contribution in [-0.4, -0.2) is 56.8 Å². The van der Waals surface area contributed by atoms with Gasteiger partial charge in [-0.25, -0.2) is 0 Å². The number of hydrogen-bond donors (Lipinski definition) is 1. The molecule has 114 valence electrons. The van der Waals surface area contributed by atoms with E-state index in [0.29, 0.717) is 12.6 Å². The van der Waals surface area contributed by atoms with Gasteiger partial charge < -0.3 is 5.32 Å². The average molecular weight is 291 g/mol. The summed E-state index contributed by atoms with van der Waals surface area (Å²) in [7, 11) is 2.09. The van der Waals surface area contributed by atoms with Crippen molar-refractivity contribution in [3.05, 3.63) is 0 Å². The zero-order chi connectivity index (χ0) is 14.5. The maximum atomic E-state index is 12.4. The molecule has 5 nitrogen and oxygen atoms in total. The number of unbranched alkanes of at least 4 members (excludes halogenated alkanes) is 1. The molecule has 1 rings (SSSR count). The molecule has 0 unspecified atom stereocenters. The molecule has 0 aromatic heterocycles. The van der Waals surface area contributed by atoms with Gasteiger partial charge in [-0.2, -0.15) is 17.0 Å². The van der Waals surface area contributed by atoms with Gasteiger partial charge in [0.2, 0.25) is 0 Å². The fourth-order valence-electron chi connectivity index (χ4n) is 2.63. The fraction of sp³-hybridized carbons (Fsp3) is 1.00. The number of nitrogens with one attached hydrogen (secondary N) is 1. The minimum Gasteiger partial charge on any atom is -0.317 e. The normalized spacial score (nSPS) is 25.2. The topological polar surface area (TPSA) is 52.7 Å². The third-order valence-electron chi connectivity index (χ3n) is 4.20. The lowest BCUT2D eigenvalue weighted by molar-refractivity contribution is 0.243.